The average molecular weight is 384 g/mol. The number of hydrogen-bond donors (Lipinski definition) is 0. The quantitative estimate of drug-likeness (QED) is 0.308. The smallest absolute Gasteiger partial charge is 0.128 e. The van der Waals surface area contributed by atoms with E-state index in [1.807, 2.05) is 18.4 Å². The van der Waals surface area contributed by atoms with Crippen molar-refractivity contribution in [1.82, 2.24) is 9.97 Å². The normalized spacial score (nSPS) is 11.2. The van der Waals surface area contributed by atoms with E-state index in [4.69, 9.17) is 0 Å². The highest BCUT2D eigenvalue weighted by Crippen LogP contribution is 2.39. The fourth-order valence-corrected chi connectivity index (χ4v) is 4.82. The number of aromatic nitrogens is 2. The second-order valence-electron chi connectivity index (χ2n) is 5.83. The van der Waals surface area contributed by atoms with E-state index in [9.17, 15) is 8.78 Å². The van der Waals surface area contributed by atoms with Gasteiger partial charge in [-0.05, 0) is 42.3 Å². The predicted octanol–water partition coefficient (Wildman–Crippen LogP) is 6.24. The van der Waals surface area contributed by atoms with Crippen LogP contribution in [0.2, 0.25) is 0 Å². The second-order valence-corrected chi connectivity index (χ2v) is 7.65. The van der Waals surface area contributed by atoms with Crippen molar-refractivity contribution in [3.8, 4) is 11.1 Å². The lowest BCUT2D eigenvalue weighted by Crippen LogP contribution is -1.92. The third-order valence-corrected chi connectivity index (χ3v) is 5.85. The monoisotopic (exact) mass is 384 g/mol. The Morgan fingerprint density at radius 1 is 1.00 bits per heavy atom. The van der Waals surface area contributed by atoms with Gasteiger partial charge in [0.1, 0.15) is 27.3 Å². The molecule has 0 N–H and O–H groups in total. The van der Waals surface area contributed by atoms with E-state index in [0.29, 0.717) is 11.6 Å². The van der Waals surface area contributed by atoms with Crippen LogP contribution < -0.4 is 0 Å². The highest BCUT2D eigenvalue weighted by Gasteiger charge is 2.15. The Hall–Kier alpha value is -2.31. The van der Waals surface area contributed by atoms with Crippen molar-refractivity contribution in [2.75, 3.05) is 0 Å². The van der Waals surface area contributed by atoms with Gasteiger partial charge in [-0.2, -0.15) is 0 Å². The molecule has 0 aliphatic heterocycles. The van der Waals surface area contributed by atoms with Crippen LogP contribution >= 0.6 is 23.1 Å². The van der Waals surface area contributed by atoms with E-state index in [1.54, 1.807) is 41.3 Å². The molecule has 2 nitrogen and oxygen atoms in total. The molecular weight excluding hydrogens is 370 g/mol. The number of aryl methyl sites for hydroxylation is 1. The molecule has 4 rings (SSSR count). The van der Waals surface area contributed by atoms with Crippen LogP contribution in [0.4, 0.5) is 8.78 Å². The van der Waals surface area contributed by atoms with Crippen LogP contribution in [0.5, 0.6) is 0 Å². The Kier molecular flexibility index (Phi) is 4.70. The lowest BCUT2D eigenvalue weighted by atomic mass is 10.1. The van der Waals surface area contributed by atoms with Gasteiger partial charge in [0.05, 0.1) is 5.39 Å². The van der Waals surface area contributed by atoms with Crippen molar-refractivity contribution < 1.29 is 8.78 Å². The van der Waals surface area contributed by atoms with E-state index < -0.39 is 0 Å². The predicted molar refractivity (Wildman–Crippen MR) is 104 cm³/mol. The zero-order valence-corrected chi connectivity index (χ0v) is 15.5. The molecule has 0 spiro atoms. The molecular formula is C20H14F2N2S2. The van der Waals surface area contributed by atoms with Gasteiger partial charge in [-0.1, -0.05) is 24.3 Å². The molecule has 4 aromatic rings. The summed E-state index contributed by atoms with van der Waals surface area (Å²) in [5.41, 5.74) is 2.82. The summed E-state index contributed by atoms with van der Waals surface area (Å²) in [5.74, 6) is 0.810. The third kappa shape index (κ3) is 3.48. The number of fused-ring (bicyclic) bond motifs is 1. The van der Waals surface area contributed by atoms with E-state index in [2.05, 4.69) is 9.97 Å². The molecule has 0 radical (unpaired) electrons. The molecule has 6 heteroatoms. The minimum atomic E-state index is -0.263. The Morgan fingerprint density at radius 2 is 1.81 bits per heavy atom. The Labute approximate surface area is 157 Å². The van der Waals surface area contributed by atoms with Crippen molar-refractivity contribution in [2.45, 2.75) is 17.7 Å². The highest BCUT2D eigenvalue weighted by atomic mass is 32.2. The number of benzene rings is 2. The summed E-state index contributed by atoms with van der Waals surface area (Å²) in [5, 5.41) is 3.85. The molecule has 130 valence electrons. The lowest BCUT2D eigenvalue weighted by Gasteiger charge is -2.07. The first-order chi connectivity index (χ1) is 12.6. The molecule has 0 unspecified atom stereocenters. The fraction of sp³-hybridized carbons (Fsp3) is 0.100. The molecule has 2 aromatic carbocycles. The minimum absolute atomic E-state index is 0.241. The summed E-state index contributed by atoms with van der Waals surface area (Å²) in [6, 6.07) is 13.0. The van der Waals surface area contributed by atoms with Crippen molar-refractivity contribution in [1.29, 1.82) is 0 Å². The number of thiophene rings is 1. The topological polar surface area (TPSA) is 25.8 Å². The van der Waals surface area contributed by atoms with Gasteiger partial charge >= 0.3 is 0 Å². The van der Waals surface area contributed by atoms with Crippen LogP contribution in [0.25, 0.3) is 21.3 Å². The zero-order valence-electron chi connectivity index (χ0n) is 13.9. The van der Waals surface area contributed by atoms with Gasteiger partial charge in [0.25, 0.3) is 0 Å². The summed E-state index contributed by atoms with van der Waals surface area (Å²) in [7, 11) is 0. The van der Waals surface area contributed by atoms with Gasteiger partial charge in [-0.3, -0.25) is 0 Å². The number of rotatable bonds is 4. The van der Waals surface area contributed by atoms with E-state index in [1.165, 1.54) is 24.3 Å². The van der Waals surface area contributed by atoms with E-state index in [-0.39, 0.29) is 11.6 Å². The van der Waals surface area contributed by atoms with Gasteiger partial charge in [0.2, 0.25) is 0 Å². The minimum Gasteiger partial charge on any atom is -0.226 e. The zero-order chi connectivity index (χ0) is 18.1. The molecule has 0 amide bonds. The maximum absolute atomic E-state index is 13.4. The lowest BCUT2D eigenvalue weighted by molar-refractivity contribution is 0.626. The van der Waals surface area contributed by atoms with Gasteiger partial charge in [0, 0.05) is 16.7 Å². The molecule has 2 heterocycles. The molecule has 0 bridgehead atoms. The van der Waals surface area contributed by atoms with Crippen LogP contribution in [0, 0.1) is 18.6 Å². The van der Waals surface area contributed by atoms with Crippen molar-refractivity contribution in [2.24, 2.45) is 0 Å². The van der Waals surface area contributed by atoms with Crippen LogP contribution in [0.3, 0.4) is 0 Å². The molecule has 0 aliphatic carbocycles. The number of halogens is 2. The maximum atomic E-state index is 13.4. The Bertz CT molecular complexity index is 1080. The van der Waals surface area contributed by atoms with Gasteiger partial charge < -0.3 is 0 Å². The largest absolute Gasteiger partial charge is 0.226 e. The van der Waals surface area contributed by atoms with Crippen LogP contribution in [0.1, 0.15) is 11.4 Å². The van der Waals surface area contributed by atoms with E-state index in [0.717, 1.165) is 31.9 Å². The van der Waals surface area contributed by atoms with Crippen LogP contribution in [-0.2, 0) is 5.75 Å². The molecule has 0 saturated carbocycles. The summed E-state index contributed by atoms with van der Waals surface area (Å²) in [4.78, 5) is 10.0. The average Bonchev–Trinajstić information content (AvgIpc) is 3.04. The molecule has 0 fully saturated rings. The molecule has 0 saturated heterocycles. The second kappa shape index (κ2) is 7.13. The summed E-state index contributed by atoms with van der Waals surface area (Å²) < 4.78 is 26.7. The first-order valence-electron chi connectivity index (χ1n) is 7.99. The summed E-state index contributed by atoms with van der Waals surface area (Å²) in [6.45, 7) is 1.86. The van der Waals surface area contributed by atoms with Crippen molar-refractivity contribution in [3.05, 3.63) is 76.9 Å². The molecule has 2 aromatic heterocycles. The number of hydrogen-bond acceptors (Lipinski definition) is 4. The standard InChI is InChI=1S/C20H14F2N2S2/c1-12-23-19(25-10-13-3-2-4-16(22)9-13)18-17(11-26-20(18)24-12)14-5-7-15(21)8-6-14/h2-9,11H,10H2,1H3. The first kappa shape index (κ1) is 17.1. The third-order valence-electron chi connectivity index (χ3n) is 3.93. The van der Waals surface area contributed by atoms with Crippen LogP contribution in [0.15, 0.2) is 58.9 Å². The maximum Gasteiger partial charge on any atom is 0.128 e. The summed E-state index contributed by atoms with van der Waals surface area (Å²) >= 11 is 3.10. The van der Waals surface area contributed by atoms with E-state index >= 15 is 0 Å². The van der Waals surface area contributed by atoms with Gasteiger partial charge in [0.15, 0.2) is 0 Å². The van der Waals surface area contributed by atoms with Crippen LogP contribution in [-0.4, -0.2) is 9.97 Å². The SMILES string of the molecule is Cc1nc(SCc2cccc(F)c2)c2c(-c3ccc(F)cc3)csc2n1. The molecule has 0 aliphatic rings. The first-order valence-corrected chi connectivity index (χ1v) is 9.86. The molecule has 0 atom stereocenters. The summed E-state index contributed by atoms with van der Waals surface area (Å²) in [6.07, 6.45) is 0. The van der Waals surface area contributed by atoms with Crippen molar-refractivity contribution >= 4 is 33.3 Å². The number of nitrogens with zero attached hydrogens (tertiary/aromatic N) is 2. The fourth-order valence-electron chi connectivity index (χ4n) is 2.74. The Balaban J connectivity index is 1.75. The highest BCUT2D eigenvalue weighted by molar-refractivity contribution is 7.98. The molecule has 26 heavy (non-hydrogen) atoms. The van der Waals surface area contributed by atoms with Gasteiger partial charge in [-0.25, -0.2) is 18.7 Å². The number of thioether (sulfide) groups is 1. The Morgan fingerprint density at radius 3 is 2.58 bits per heavy atom. The van der Waals surface area contributed by atoms with Gasteiger partial charge in [-0.15, -0.1) is 23.1 Å². The van der Waals surface area contributed by atoms with Crippen molar-refractivity contribution in [3.63, 3.8) is 0 Å².